The van der Waals surface area contributed by atoms with E-state index >= 15 is 0 Å². The first-order valence-corrected chi connectivity index (χ1v) is 9.04. The fourth-order valence-electron chi connectivity index (χ4n) is 3.23. The third-order valence-corrected chi connectivity index (χ3v) is 4.71. The molecule has 0 aromatic carbocycles. The summed E-state index contributed by atoms with van der Waals surface area (Å²) in [7, 11) is 0. The Kier molecular flexibility index (Phi) is 9.04. The summed E-state index contributed by atoms with van der Waals surface area (Å²) in [4.78, 5) is 46.0. The zero-order valence-corrected chi connectivity index (χ0v) is 15.3. The van der Waals surface area contributed by atoms with Gasteiger partial charge in [-0.1, -0.05) is 19.3 Å². The summed E-state index contributed by atoms with van der Waals surface area (Å²) < 4.78 is 0. The fourth-order valence-corrected chi connectivity index (χ4v) is 3.23. The van der Waals surface area contributed by atoms with E-state index in [4.69, 9.17) is 10.8 Å². The molecule has 0 saturated heterocycles. The molecule has 1 atom stereocenters. The van der Waals surface area contributed by atoms with Crippen molar-refractivity contribution in [3.05, 3.63) is 0 Å². The molecule has 9 heteroatoms. The lowest BCUT2D eigenvalue weighted by Crippen LogP contribution is -2.47. The van der Waals surface area contributed by atoms with Crippen molar-refractivity contribution >= 4 is 23.7 Å². The quantitative estimate of drug-likeness (QED) is 0.350. The van der Waals surface area contributed by atoms with Crippen molar-refractivity contribution in [2.45, 2.75) is 57.9 Å². The number of carboxylic acids is 1. The lowest BCUT2D eigenvalue weighted by atomic mass is 9.71. The highest BCUT2D eigenvalue weighted by molar-refractivity contribution is 5.88. The number of carboxylic acid groups (broad SMARTS) is 1. The van der Waals surface area contributed by atoms with Crippen LogP contribution in [-0.2, 0) is 19.2 Å². The van der Waals surface area contributed by atoms with E-state index in [0.717, 1.165) is 32.1 Å². The van der Waals surface area contributed by atoms with E-state index in [1.165, 1.54) is 6.92 Å². The fraction of sp³-hybridized carbons (Fsp3) is 0.765. The van der Waals surface area contributed by atoms with Crippen LogP contribution in [0.5, 0.6) is 0 Å². The Labute approximate surface area is 153 Å². The topological polar surface area (TPSA) is 151 Å². The second kappa shape index (κ2) is 10.7. The first kappa shape index (κ1) is 21.9. The third-order valence-electron chi connectivity index (χ3n) is 4.71. The highest BCUT2D eigenvalue weighted by atomic mass is 16.4. The Morgan fingerprint density at radius 1 is 1.08 bits per heavy atom. The molecule has 1 rings (SSSR count). The van der Waals surface area contributed by atoms with Gasteiger partial charge in [-0.3, -0.25) is 19.2 Å². The second-order valence-corrected chi connectivity index (χ2v) is 6.94. The van der Waals surface area contributed by atoms with Crippen molar-refractivity contribution in [3.63, 3.8) is 0 Å². The van der Waals surface area contributed by atoms with Crippen molar-refractivity contribution in [1.29, 1.82) is 0 Å². The number of hydrogen-bond donors (Lipinski definition) is 5. The third kappa shape index (κ3) is 7.81. The molecular weight excluding hydrogens is 340 g/mol. The molecule has 1 fully saturated rings. The number of hydrogen-bond acceptors (Lipinski definition) is 5. The van der Waals surface area contributed by atoms with Gasteiger partial charge >= 0.3 is 5.97 Å². The molecule has 1 aliphatic carbocycles. The molecule has 148 valence electrons. The SMILES string of the molecule is C[C@H](NC(=O)CN)C(=O)NCCC(=O)NCC1(CC(=O)O)CCCCC1. The van der Waals surface area contributed by atoms with Crippen LogP contribution in [0.1, 0.15) is 51.9 Å². The maximum atomic E-state index is 12.0. The van der Waals surface area contributed by atoms with Gasteiger partial charge in [-0.2, -0.15) is 0 Å². The minimum absolute atomic E-state index is 0.0579. The lowest BCUT2D eigenvalue weighted by molar-refractivity contribution is -0.140. The summed E-state index contributed by atoms with van der Waals surface area (Å²) in [6, 6.07) is -0.727. The number of carbonyl (C=O) groups is 4. The zero-order chi connectivity index (χ0) is 19.6. The van der Waals surface area contributed by atoms with Crippen LogP contribution in [0.3, 0.4) is 0 Å². The van der Waals surface area contributed by atoms with Crippen LogP contribution in [0, 0.1) is 5.41 Å². The maximum Gasteiger partial charge on any atom is 0.303 e. The molecule has 0 aliphatic heterocycles. The van der Waals surface area contributed by atoms with E-state index in [1.807, 2.05) is 0 Å². The van der Waals surface area contributed by atoms with E-state index in [0.29, 0.717) is 6.54 Å². The Morgan fingerprint density at radius 3 is 2.31 bits per heavy atom. The average molecular weight is 370 g/mol. The van der Waals surface area contributed by atoms with Crippen LogP contribution in [0.25, 0.3) is 0 Å². The van der Waals surface area contributed by atoms with Gasteiger partial charge in [0.25, 0.3) is 0 Å². The molecule has 1 saturated carbocycles. The summed E-state index contributed by atoms with van der Waals surface area (Å²) in [5, 5.41) is 16.9. The number of aliphatic carboxylic acids is 1. The van der Waals surface area contributed by atoms with Crippen molar-refractivity contribution in [2.24, 2.45) is 11.1 Å². The summed E-state index contributed by atoms with van der Waals surface area (Å²) in [5.74, 6) is -1.91. The second-order valence-electron chi connectivity index (χ2n) is 6.94. The van der Waals surface area contributed by atoms with E-state index in [9.17, 15) is 19.2 Å². The maximum absolute atomic E-state index is 12.0. The van der Waals surface area contributed by atoms with Gasteiger partial charge in [-0.15, -0.1) is 0 Å². The minimum atomic E-state index is -0.845. The Bertz CT molecular complexity index is 517. The minimum Gasteiger partial charge on any atom is -0.481 e. The molecule has 3 amide bonds. The standard InChI is InChI=1S/C17H30N4O5/c1-12(21-14(23)10-18)16(26)19-8-5-13(22)20-11-17(9-15(24)25)6-3-2-4-7-17/h12H,2-11,18H2,1H3,(H,19,26)(H,20,22)(H,21,23)(H,24,25)/t12-/m0/s1. The first-order valence-electron chi connectivity index (χ1n) is 9.04. The molecule has 0 spiro atoms. The van der Waals surface area contributed by atoms with Gasteiger partial charge in [-0.25, -0.2) is 0 Å². The molecule has 0 unspecified atom stereocenters. The molecule has 0 aromatic heterocycles. The molecule has 0 aromatic rings. The van der Waals surface area contributed by atoms with Gasteiger partial charge in [0.05, 0.1) is 13.0 Å². The van der Waals surface area contributed by atoms with Gasteiger partial charge < -0.3 is 26.8 Å². The zero-order valence-electron chi connectivity index (χ0n) is 15.3. The van der Waals surface area contributed by atoms with E-state index in [2.05, 4.69) is 16.0 Å². The van der Waals surface area contributed by atoms with E-state index in [1.54, 1.807) is 0 Å². The molecule has 26 heavy (non-hydrogen) atoms. The lowest BCUT2D eigenvalue weighted by Gasteiger charge is -2.36. The van der Waals surface area contributed by atoms with Crippen molar-refractivity contribution in [1.82, 2.24) is 16.0 Å². The highest BCUT2D eigenvalue weighted by Gasteiger charge is 2.34. The van der Waals surface area contributed by atoms with E-state index < -0.39 is 23.8 Å². The monoisotopic (exact) mass is 370 g/mol. The van der Waals surface area contributed by atoms with Crippen LogP contribution in [0.15, 0.2) is 0 Å². The van der Waals surface area contributed by atoms with Gasteiger partial charge in [0.15, 0.2) is 0 Å². The van der Waals surface area contributed by atoms with Crippen molar-refractivity contribution in [2.75, 3.05) is 19.6 Å². The molecule has 1 aliphatic rings. The Morgan fingerprint density at radius 2 is 1.73 bits per heavy atom. The van der Waals surface area contributed by atoms with Crippen LogP contribution in [-0.4, -0.2) is 54.5 Å². The van der Waals surface area contributed by atoms with Crippen molar-refractivity contribution < 1.29 is 24.3 Å². The normalized spacial score (nSPS) is 17.0. The van der Waals surface area contributed by atoms with Gasteiger partial charge in [0, 0.05) is 19.5 Å². The average Bonchev–Trinajstić information content (AvgIpc) is 2.60. The first-order chi connectivity index (χ1) is 12.3. The van der Waals surface area contributed by atoms with Crippen LogP contribution >= 0.6 is 0 Å². The van der Waals surface area contributed by atoms with E-state index in [-0.39, 0.29) is 37.3 Å². The van der Waals surface area contributed by atoms with Gasteiger partial charge in [0.1, 0.15) is 6.04 Å². The molecular formula is C17H30N4O5. The Hall–Kier alpha value is -2.16. The molecule has 0 heterocycles. The number of amides is 3. The van der Waals surface area contributed by atoms with Crippen LogP contribution in [0.2, 0.25) is 0 Å². The summed E-state index contributed by atoms with van der Waals surface area (Å²) in [5.41, 5.74) is 4.79. The molecule has 9 nitrogen and oxygen atoms in total. The number of nitrogens with two attached hydrogens (primary N) is 1. The predicted molar refractivity (Wildman–Crippen MR) is 95.1 cm³/mol. The largest absolute Gasteiger partial charge is 0.481 e. The highest BCUT2D eigenvalue weighted by Crippen LogP contribution is 2.38. The van der Waals surface area contributed by atoms with Gasteiger partial charge in [-0.05, 0) is 25.2 Å². The van der Waals surface area contributed by atoms with Crippen molar-refractivity contribution in [3.8, 4) is 0 Å². The summed E-state index contributed by atoms with van der Waals surface area (Å²) in [6.45, 7) is 1.81. The smallest absolute Gasteiger partial charge is 0.303 e. The van der Waals surface area contributed by atoms with Gasteiger partial charge in [0.2, 0.25) is 17.7 Å². The Balaban J connectivity index is 2.33. The van der Waals surface area contributed by atoms with Crippen LogP contribution < -0.4 is 21.7 Å². The predicted octanol–water partition coefficient (Wildman–Crippen LogP) is -0.502. The summed E-state index contributed by atoms with van der Waals surface area (Å²) in [6.07, 6.45) is 4.80. The summed E-state index contributed by atoms with van der Waals surface area (Å²) >= 11 is 0. The molecule has 0 bridgehead atoms. The number of nitrogens with one attached hydrogen (secondary N) is 3. The number of rotatable bonds is 10. The molecule has 0 radical (unpaired) electrons. The van der Waals surface area contributed by atoms with Crippen LogP contribution in [0.4, 0.5) is 0 Å². The number of carbonyl (C=O) groups excluding carboxylic acids is 3. The molecule has 6 N–H and O–H groups in total.